The van der Waals surface area contributed by atoms with E-state index in [-0.39, 0.29) is 29.7 Å². The van der Waals surface area contributed by atoms with Gasteiger partial charge in [0, 0.05) is 44.2 Å². The predicted octanol–water partition coefficient (Wildman–Crippen LogP) is 1.50. The molecule has 6 nitrogen and oxygen atoms in total. The molecule has 0 bridgehead atoms. The molecule has 0 aliphatic carbocycles. The number of hydrogen-bond acceptors (Lipinski definition) is 3. The van der Waals surface area contributed by atoms with Gasteiger partial charge in [-0.2, -0.15) is 0 Å². The Balaban J connectivity index is 1.53. The SMILES string of the molecule is CC(C)[C@@H](C(=O)N1CCN2C(=O)CCC2C1)N1Cc2ccccc2C1=O. The Hall–Kier alpha value is -2.37. The van der Waals surface area contributed by atoms with Crippen molar-refractivity contribution in [2.45, 2.75) is 45.3 Å². The summed E-state index contributed by atoms with van der Waals surface area (Å²) in [6.07, 6.45) is 1.41. The topological polar surface area (TPSA) is 60.9 Å². The molecule has 0 spiro atoms. The number of hydrogen-bond donors (Lipinski definition) is 0. The molecular weight excluding hydrogens is 330 g/mol. The summed E-state index contributed by atoms with van der Waals surface area (Å²) in [4.78, 5) is 43.6. The zero-order chi connectivity index (χ0) is 18.4. The molecule has 2 atom stereocenters. The Bertz CT molecular complexity index is 760. The summed E-state index contributed by atoms with van der Waals surface area (Å²) < 4.78 is 0. The molecule has 1 aromatic rings. The van der Waals surface area contributed by atoms with Gasteiger partial charge in [-0.25, -0.2) is 0 Å². The highest BCUT2D eigenvalue weighted by atomic mass is 16.2. The molecule has 0 aromatic heterocycles. The van der Waals surface area contributed by atoms with Gasteiger partial charge in [0.1, 0.15) is 6.04 Å². The lowest BCUT2D eigenvalue weighted by Crippen LogP contribution is -2.58. The zero-order valence-electron chi connectivity index (χ0n) is 15.4. The first-order chi connectivity index (χ1) is 12.5. The predicted molar refractivity (Wildman–Crippen MR) is 96.3 cm³/mol. The molecule has 0 saturated carbocycles. The van der Waals surface area contributed by atoms with Crippen molar-refractivity contribution in [3.05, 3.63) is 35.4 Å². The van der Waals surface area contributed by atoms with Gasteiger partial charge in [0.15, 0.2) is 0 Å². The fourth-order valence-corrected chi connectivity index (χ4v) is 4.53. The number of rotatable bonds is 3. The van der Waals surface area contributed by atoms with Crippen molar-refractivity contribution in [3.63, 3.8) is 0 Å². The van der Waals surface area contributed by atoms with E-state index in [1.807, 2.05) is 47.9 Å². The molecule has 3 aliphatic rings. The van der Waals surface area contributed by atoms with Crippen LogP contribution < -0.4 is 0 Å². The van der Waals surface area contributed by atoms with Crippen LogP contribution in [0.1, 0.15) is 42.6 Å². The maximum atomic E-state index is 13.3. The van der Waals surface area contributed by atoms with E-state index in [1.165, 1.54) is 0 Å². The fraction of sp³-hybridized carbons (Fsp3) is 0.550. The smallest absolute Gasteiger partial charge is 0.255 e. The zero-order valence-corrected chi connectivity index (χ0v) is 15.4. The minimum Gasteiger partial charge on any atom is -0.337 e. The molecule has 2 saturated heterocycles. The standard InChI is InChI=1S/C20H25N3O3/c1-13(2)18(23-11-14-5-3-4-6-16(14)19(23)25)20(26)21-9-10-22-15(12-21)7-8-17(22)24/h3-6,13,15,18H,7-12H2,1-2H3/t15?,18-/m0/s1. The van der Waals surface area contributed by atoms with Gasteiger partial charge in [0.05, 0.1) is 0 Å². The number of fused-ring (bicyclic) bond motifs is 2. The van der Waals surface area contributed by atoms with Gasteiger partial charge in [-0.15, -0.1) is 0 Å². The normalized spacial score (nSPS) is 23.5. The highest BCUT2D eigenvalue weighted by Crippen LogP contribution is 2.29. The molecule has 3 aliphatic heterocycles. The van der Waals surface area contributed by atoms with E-state index >= 15 is 0 Å². The van der Waals surface area contributed by atoms with Crippen LogP contribution in [-0.2, 0) is 16.1 Å². The van der Waals surface area contributed by atoms with Gasteiger partial charge in [-0.3, -0.25) is 14.4 Å². The summed E-state index contributed by atoms with van der Waals surface area (Å²) in [6, 6.07) is 7.26. The third-order valence-electron chi connectivity index (χ3n) is 5.88. The summed E-state index contributed by atoms with van der Waals surface area (Å²) in [5.74, 6) is 0.194. The van der Waals surface area contributed by atoms with Crippen LogP contribution >= 0.6 is 0 Å². The van der Waals surface area contributed by atoms with Crippen molar-refractivity contribution in [3.8, 4) is 0 Å². The molecule has 0 radical (unpaired) electrons. The number of nitrogens with zero attached hydrogens (tertiary/aromatic N) is 3. The van der Waals surface area contributed by atoms with Gasteiger partial charge in [-0.05, 0) is 24.0 Å². The summed E-state index contributed by atoms with van der Waals surface area (Å²) in [5.41, 5.74) is 1.69. The third kappa shape index (κ3) is 2.68. The lowest BCUT2D eigenvalue weighted by molar-refractivity contribution is -0.143. The molecule has 26 heavy (non-hydrogen) atoms. The average molecular weight is 355 g/mol. The molecule has 6 heteroatoms. The largest absolute Gasteiger partial charge is 0.337 e. The van der Waals surface area contributed by atoms with Crippen molar-refractivity contribution < 1.29 is 14.4 Å². The molecule has 138 valence electrons. The molecule has 1 unspecified atom stereocenters. The maximum absolute atomic E-state index is 13.3. The molecule has 3 heterocycles. The van der Waals surface area contributed by atoms with Crippen LogP contribution in [0.4, 0.5) is 0 Å². The molecule has 4 rings (SSSR count). The first-order valence-corrected chi connectivity index (χ1v) is 9.44. The van der Waals surface area contributed by atoms with E-state index < -0.39 is 6.04 Å². The van der Waals surface area contributed by atoms with Gasteiger partial charge < -0.3 is 14.7 Å². The van der Waals surface area contributed by atoms with Gasteiger partial charge in [-0.1, -0.05) is 32.0 Å². The van der Waals surface area contributed by atoms with E-state index in [4.69, 9.17) is 0 Å². The monoisotopic (exact) mass is 355 g/mol. The van der Waals surface area contributed by atoms with Gasteiger partial charge in [0.25, 0.3) is 5.91 Å². The maximum Gasteiger partial charge on any atom is 0.255 e. The van der Waals surface area contributed by atoms with Crippen molar-refractivity contribution >= 4 is 17.7 Å². The lowest BCUT2D eigenvalue weighted by atomic mass is 10.00. The minimum absolute atomic E-state index is 0.0140. The molecule has 0 N–H and O–H groups in total. The van der Waals surface area contributed by atoms with Crippen LogP contribution in [0.3, 0.4) is 0 Å². The first kappa shape index (κ1) is 17.1. The van der Waals surface area contributed by atoms with Gasteiger partial charge in [0.2, 0.25) is 11.8 Å². The Morgan fingerprint density at radius 3 is 2.65 bits per heavy atom. The Kier molecular flexibility index (Phi) is 4.21. The molecular formula is C20H25N3O3. The Morgan fingerprint density at radius 1 is 1.15 bits per heavy atom. The molecule has 3 amide bonds. The summed E-state index contributed by atoms with van der Waals surface area (Å²) >= 11 is 0. The van der Waals surface area contributed by atoms with Crippen LogP contribution in [0, 0.1) is 5.92 Å². The van der Waals surface area contributed by atoms with E-state index in [1.54, 1.807) is 4.90 Å². The van der Waals surface area contributed by atoms with E-state index in [0.29, 0.717) is 38.2 Å². The van der Waals surface area contributed by atoms with E-state index in [0.717, 1.165) is 12.0 Å². The summed E-state index contributed by atoms with van der Waals surface area (Å²) in [5, 5.41) is 0. The van der Waals surface area contributed by atoms with E-state index in [9.17, 15) is 14.4 Å². The summed E-state index contributed by atoms with van der Waals surface area (Å²) in [7, 11) is 0. The van der Waals surface area contributed by atoms with Crippen molar-refractivity contribution in [1.82, 2.24) is 14.7 Å². The third-order valence-corrected chi connectivity index (χ3v) is 5.88. The summed E-state index contributed by atoms with van der Waals surface area (Å²) in [6.45, 7) is 6.23. The highest BCUT2D eigenvalue weighted by Gasteiger charge is 2.43. The number of piperazine rings is 1. The van der Waals surface area contributed by atoms with Crippen molar-refractivity contribution in [2.75, 3.05) is 19.6 Å². The number of carbonyl (C=O) groups is 3. The second-order valence-electron chi connectivity index (χ2n) is 7.84. The highest BCUT2D eigenvalue weighted by molar-refractivity contribution is 6.01. The van der Waals surface area contributed by atoms with Crippen molar-refractivity contribution in [2.24, 2.45) is 5.92 Å². The van der Waals surface area contributed by atoms with Crippen LogP contribution in [0.2, 0.25) is 0 Å². The Labute approximate surface area is 153 Å². The van der Waals surface area contributed by atoms with Crippen LogP contribution in [0.25, 0.3) is 0 Å². The minimum atomic E-state index is -0.460. The van der Waals surface area contributed by atoms with E-state index in [2.05, 4.69) is 0 Å². The number of amides is 3. The van der Waals surface area contributed by atoms with Crippen molar-refractivity contribution in [1.29, 1.82) is 0 Å². The number of carbonyl (C=O) groups excluding carboxylic acids is 3. The second-order valence-corrected chi connectivity index (χ2v) is 7.84. The van der Waals surface area contributed by atoms with Crippen LogP contribution in [-0.4, -0.2) is 64.1 Å². The van der Waals surface area contributed by atoms with Gasteiger partial charge >= 0.3 is 0 Å². The Morgan fingerprint density at radius 2 is 1.92 bits per heavy atom. The molecule has 2 fully saturated rings. The quantitative estimate of drug-likeness (QED) is 0.826. The first-order valence-electron chi connectivity index (χ1n) is 9.44. The lowest BCUT2D eigenvalue weighted by Gasteiger charge is -2.41. The second kappa shape index (κ2) is 6.41. The fourth-order valence-electron chi connectivity index (χ4n) is 4.53. The van der Waals surface area contributed by atoms with Crippen LogP contribution in [0.5, 0.6) is 0 Å². The molecule has 1 aromatic carbocycles. The average Bonchev–Trinajstić information content (AvgIpc) is 3.16. The number of benzene rings is 1. The van der Waals surface area contributed by atoms with Crippen LogP contribution in [0.15, 0.2) is 24.3 Å².